The molecule has 1 aliphatic rings. The molecule has 0 amide bonds. The fourth-order valence-electron chi connectivity index (χ4n) is 4.07. The quantitative estimate of drug-likeness (QED) is 0.163. The van der Waals surface area contributed by atoms with Crippen LogP contribution in [0.5, 0.6) is 0 Å². The highest BCUT2D eigenvalue weighted by Gasteiger charge is 2.15. The van der Waals surface area contributed by atoms with E-state index >= 15 is 0 Å². The molecule has 0 radical (unpaired) electrons. The van der Waals surface area contributed by atoms with Gasteiger partial charge < -0.3 is 21.5 Å². The zero-order valence-electron chi connectivity index (χ0n) is 17.9. The Morgan fingerprint density at radius 2 is 1.79 bits per heavy atom. The van der Waals surface area contributed by atoms with Crippen molar-refractivity contribution in [3.63, 3.8) is 0 Å². The van der Waals surface area contributed by atoms with Crippen LogP contribution in [0.15, 0.2) is 66.2 Å². The molecular formula is C23H24FN9. The van der Waals surface area contributed by atoms with Crippen molar-refractivity contribution in [2.45, 2.75) is 0 Å². The molecule has 0 aliphatic carbocycles. The van der Waals surface area contributed by atoms with E-state index in [0.29, 0.717) is 5.65 Å². The van der Waals surface area contributed by atoms with E-state index in [1.165, 1.54) is 11.8 Å². The third-order valence-corrected chi connectivity index (χ3v) is 5.84. The average molecular weight is 446 g/mol. The van der Waals surface area contributed by atoms with Crippen LogP contribution in [-0.2, 0) is 0 Å². The highest BCUT2D eigenvalue weighted by Crippen LogP contribution is 2.28. The second-order valence-corrected chi connectivity index (χ2v) is 7.77. The molecule has 168 valence electrons. The molecule has 4 aromatic rings. The van der Waals surface area contributed by atoms with Gasteiger partial charge in [0.2, 0.25) is 0 Å². The number of benzene rings is 2. The zero-order valence-corrected chi connectivity index (χ0v) is 17.9. The van der Waals surface area contributed by atoms with Gasteiger partial charge in [-0.05, 0) is 35.4 Å². The maximum absolute atomic E-state index is 14.3. The minimum absolute atomic E-state index is 0.0466. The highest BCUT2D eigenvalue weighted by atomic mass is 19.1. The number of nitrogens with zero attached hydrogens (tertiary/aromatic N) is 5. The lowest BCUT2D eigenvalue weighted by atomic mass is 10.0. The van der Waals surface area contributed by atoms with E-state index in [0.717, 1.165) is 48.4 Å². The molecule has 0 bridgehead atoms. The largest absolute Gasteiger partial charge is 0.369 e. The summed E-state index contributed by atoms with van der Waals surface area (Å²) in [5.41, 5.74) is 7.83. The number of halogens is 1. The Morgan fingerprint density at radius 3 is 2.52 bits per heavy atom. The predicted octanol–water partition coefficient (Wildman–Crippen LogP) is 1.70. The molecular weight excluding hydrogens is 421 g/mol. The predicted molar refractivity (Wildman–Crippen MR) is 127 cm³/mol. The molecule has 9 nitrogen and oxygen atoms in total. The van der Waals surface area contributed by atoms with Gasteiger partial charge in [-0.2, -0.15) is 10.2 Å². The van der Waals surface area contributed by atoms with Crippen molar-refractivity contribution in [2.75, 3.05) is 31.1 Å². The molecule has 0 spiro atoms. The van der Waals surface area contributed by atoms with Gasteiger partial charge in [0, 0.05) is 55.4 Å². The monoisotopic (exact) mass is 445 g/mol. The van der Waals surface area contributed by atoms with Gasteiger partial charge in [-0.3, -0.25) is 0 Å². The van der Waals surface area contributed by atoms with Crippen LogP contribution in [0.4, 0.5) is 10.1 Å². The summed E-state index contributed by atoms with van der Waals surface area (Å²) in [6, 6.07) is 13.1. The van der Waals surface area contributed by atoms with Crippen LogP contribution < -0.4 is 27.3 Å². The van der Waals surface area contributed by atoms with E-state index in [-0.39, 0.29) is 11.4 Å². The summed E-state index contributed by atoms with van der Waals surface area (Å²) in [6.07, 6.45) is 5.45. The molecule has 3 heterocycles. The maximum atomic E-state index is 14.3. The maximum Gasteiger partial charge on any atom is 0.169 e. The van der Waals surface area contributed by atoms with Gasteiger partial charge in [-0.15, -0.1) is 0 Å². The standard InChI is InChI=1S/C23H24FN9/c24-21-6-3-16(11-19(21)22(30-25)31-26)20-13-29-33-14-17(12-28-23(20)33)15-1-4-18(5-2-15)32-9-7-27-8-10-32/h1-6,11-14,27H,7-10,25-26H2,(H,30,31). The molecule has 1 aliphatic heterocycles. The average Bonchev–Trinajstić information content (AvgIpc) is 3.30. The van der Waals surface area contributed by atoms with E-state index in [2.05, 4.69) is 55.1 Å². The number of anilines is 1. The number of nitrogens with one attached hydrogen (secondary N) is 2. The van der Waals surface area contributed by atoms with E-state index < -0.39 is 5.82 Å². The molecule has 0 saturated carbocycles. The van der Waals surface area contributed by atoms with Crippen LogP contribution in [0.2, 0.25) is 0 Å². The molecule has 2 aromatic heterocycles. The van der Waals surface area contributed by atoms with Crippen molar-refractivity contribution in [1.29, 1.82) is 0 Å². The molecule has 10 heteroatoms. The molecule has 5 rings (SSSR count). The molecule has 1 fully saturated rings. The van der Waals surface area contributed by atoms with Gasteiger partial charge in [-0.25, -0.2) is 19.7 Å². The Balaban J connectivity index is 1.45. The number of amidine groups is 1. The number of hydrazone groups is 1. The topological polar surface area (TPSA) is 122 Å². The normalized spacial score (nSPS) is 14.6. The van der Waals surface area contributed by atoms with Crippen LogP contribution in [0.1, 0.15) is 5.56 Å². The Labute approximate surface area is 189 Å². The lowest BCUT2D eigenvalue weighted by Gasteiger charge is -2.29. The smallest absolute Gasteiger partial charge is 0.169 e. The Bertz CT molecular complexity index is 1310. The first-order chi connectivity index (χ1) is 16.2. The first-order valence-electron chi connectivity index (χ1n) is 10.6. The minimum Gasteiger partial charge on any atom is -0.369 e. The van der Waals surface area contributed by atoms with E-state index in [1.54, 1.807) is 22.8 Å². The Hall–Kier alpha value is -4.02. The first kappa shape index (κ1) is 20.9. The minimum atomic E-state index is -0.489. The molecule has 1 saturated heterocycles. The lowest BCUT2D eigenvalue weighted by molar-refractivity contribution is 0.589. The fourth-order valence-corrected chi connectivity index (χ4v) is 4.07. The van der Waals surface area contributed by atoms with Crippen molar-refractivity contribution >= 4 is 17.2 Å². The van der Waals surface area contributed by atoms with Crippen LogP contribution in [0.25, 0.3) is 27.9 Å². The summed E-state index contributed by atoms with van der Waals surface area (Å²) in [4.78, 5) is 7.01. The number of fused-ring (bicyclic) bond motifs is 1. The van der Waals surface area contributed by atoms with Crippen molar-refractivity contribution < 1.29 is 4.39 Å². The summed E-state index contributed by atoms with van der Waals surface area (Å²) in [5, 5.41) is 11.3. The first-order valence-corrected chi connectivity index (χ1v) is 10.6. The van der Waals surface area contributed by atoms with Gasteiger partial charge in [0.15, 0.2) is 11.5 Å². The SMILES string of the molecule is N/N=C(\NN)c1cc(-c2cnn3cc(-c4ccc(N5CCNCC5)cc4)cnc23)ccc1F. The number of hydrazine groups is 1. The number of piperazine rings is 1. The van der Waals surface area contributed by atoms with E-state index in [9.17, 15) is 4.39 Å². The van der Waals surface area contributed by atoms with E-state index in [4.69, 9.17) is 11.7 Å². The Morgan fingerprint density at radius 1 is 1.03 bits per heavy atom. The van der Waals surface area contributed by atoms with Gasteiger partial charge in [0.05, 0.1) is 11.8 Å². The summed E-state index contributed by atoms with van der Waals surface area (Å²) < 4.78 is 16.0. The summed E-state index contributed by atoms with van der Waals surface area (Å²) >= 11 is 0. The molecule has 2 aromatic carbocycles. The summed E-state index contributed by atoms with van der Waals surface area (Å²) in [7, 11) is 0. The van der Waals surface area contributed by atoms with Crippen molar-refractivity contribution in [2.24, 2.45) is 16.8 Å². The fraction of sp³-hybridized carbons (Fsp3) is 0.174. The van der Waals surface area contributed by atoms with Crippen LogP contribution in [-0.4, -0.2) is 46.6 Å². The van der Waals surface area contributed by atoms with Crippen molar-refractivity contribution in [1.82, 2.24) is 25.3 Å². The number of hydrogen-bond donors (Lipinski definition) is 4. The van der Waals surface area contributed by atoms with E-state index in [1.807, 2.05) is 12.4 Å². The van der Waals surface area contributed by atoms with Gasteiger partial charge in [-0.1, -0.05) is 18.2 Å². The van der Waals surface area contributed by atoms with Gasteiger partial charge >= 0.3 is 0 Å². The molecule has 6 N–H and O–H groups in total. The van der Waals surface area contributed by atoms with Gasteiger partial charge in [0.1, 0.15) is 5.82 Å². The summed E-state index contributed by atoms with van der Waals surface area (Å²) in [6.45, 7) is 4.02. The number of aromatic nitrogens is 3. The third-order valence-electron chi connectivity index (χ3n) is 5.84. The summed E-state index contributed by atoms with van der Waals surface area (Å²) in [5.74, 6) is 10.3. The second-order valence-electron chi connectivity index (χ2n) is 7.77. The molecule has 0 atom stereocenters. The van der Waals surface area contributed by atoms with Crippen molar-refractivity contribution in [3.05, 3.63) is 72.4 Å². The van der Waals surface area contributed by atoms with Crippen LogP contribution >= 0.6 is 0 Å². The van der Waals surface area contributed by atoms with Crippen LogP contribution in [0.3, 0.4) is 0 Å². The van der Waals surface area contributed by atoms with Crippen LogP contribution in [0, 0.1) is 5.82 Å². The highest BCUT2D eigenvalue weighted by molar-refractivity contribution is 5.99. The third kappa shape index (κ3) is 3.97. The van der Waals surface area contributed by atoms with Gasteiger partial charge in [0.25, 0.3) is 0 Å². The number of hydrogen-bond acceptors (Lipinski definition) is 7. The lowest BCUT2D eigenvalue weighted by Crippen LogP contribution is -2.43. The number of rotatable bonds is 4. The Kier molecular flexibility index (Phi) is 5.59. The zero-order chi connectivity index (χ0) is 22.8. The second kappa shape index (κ2) is 8.85. The number of nitrogens with two attached hydrogens (primary N) is 2. The molecule has 0 unspecified atom stereocenters. The molecule has 33 heavy (non-hydrogen) atoms. The van der Waals surface area contributed by atoms with Crippen molar-refractivity contribution in [3.8, 4) is 22.3 Å².